The highest BCUT2D eigenvalue weighted by atomic mass is 35.5. The number of likely N-dealkylation sites (tertiary alicyclic amines) is 2. The van der Waals surface area contributed by atoms with Crippen molar-refractivity contribution in [3.05, 3.63) is 41.4 Å². The van der Waals surface area contributed by atoms with Crippen LogP contribution in [0, 0.1) is 5.92 Å². The Labute approximate surface area is 203 Å². The molecule has 9 nitrogen and oxygen atoms in total. The van der Waals surface area contributed by atoms with Crippen LogP contribution in [-0.2, 0) is 19.6 Å². The number of carbonyl (C=O) groups is 2. The Balaban J connectivity index is 1.43. The van der Waals surface area contributed by atoms with Gasteiger partial charge in [-0.15, -0.1) is 0 Å². The predicted octanol–water partition coefficient (Wildman–Crippen LogP) is 1.28. The molecule has 0 bridgehead atoms. The molecule has 4 rings (SSSR count). The molecule has 0 saturated carbocycles. The number of piperidine rings is 1. The topological polar surface area (TPSA) is 133 Å². The van der Waals surface area contributed by atoms with Gasteiger partial charge in [-0.05, 0) is 61.2 Å². The molecular weight excluding hydrogens is 480 g/mol. The van der Waals surface area contributed by atoms with Gasteiger partial charge in [-0.3, -0.25) is 14.5 Å². The standard InChI is InChI=1S/C23H29ClN4O5S/c1-14(22(30)27-9-2-3-17(13-27)21(25)29)28-10-8-20(23(28)31)26-34(32,33)19-7-5-15-11-18(24)6-4-16(15)12-19/h4-7,11-12,14,17,20,22,26,30H,2-3,8-10,13H2,1H3,(H2,25,29). The number of nitrogens with two attached hydrogens (primary N) is 1. The van der Waals surface area contributed by atoms with E-state index in [0.29, 0.717) is 37.5 Å². The van der Waals surface area contributed by atoms with E-state index in [2.05, 4.69) is 4.72 Å². The molecule has 2 amide bonds. The van der Waals surface area contributed by atoms with Crippen LogP contribution in [0.2, 0.25) is 5.02 Å². The summed E-state index contributed by atoms with van der Waals surface area (Å²) in [5.74, 6) is -1.11. The highest BCUT2D eigenvalue weighted by Crippen LogP contribution is 2.25. The molecule has 0 aromatic heterocycles. The lowest BCUT2D eigenvalue weighted by atomic mass is 9.96. The third-order valence-corrected chi connectivity index (χ3v) is 8.48. The normalized spacial score (nSPS) is 23.9. The first-order valence-corrected chi connectivity index (χ1v) is 13.2. The summed E-state index contributed by atoms with van der Waals surface area (Å²) in [6, 6.07) is 8.39. The number of sulfonamides is 1. The number of hydrogen-bond acceptors (Lipinski definition) is 6. The number of primary amides is 1. The van der Waals surface area contributed by atoms with E-state index in [-0.39, 0.29) is 16.7 Å². The quantitative estimate of drug-likeness (QED) is 0.516. The van der Waals surface area contributed by atoms with Gasteiger partial charge in [-0.1, -0.05) is 23.7 Å². The number of benzene rings is 2. The van der Waals surface area contributed by atoms with Gasteiger partial charge in [0.05, 0.1) is 16.9 Å². The summed E-state index contributed by atoms with van der Waals surface area (Å²) in [6.45, 7) is 2.97. The minimum absolute atomic E-state index is 0.0625. The summed E-state index contributed by atoms with van der Waals surface area (Å²) in [4.78, 5) is 27.9. The maximum absolute atomic E-state index is 13.0. The van der Waals surface area contributed by atoms with E-state index in [1.54, 1.807) is 42.2 Å². The first-order valence-electron chi connectivity index (χ1n) is 11.3. The molecule has 2 aliphatic rings. The predicted molar refractivity (Wildman–Crippen MR) is 128 cm³/mol. The lowest BCUT2D eigenvalue weighted by Crippen LogP contribution is -2.55. The van der Waals surface area contributed by atoms with Crippen LogP contribution in [0.15, 0.2) is 41.3 Å². The Morgan fingerprint density at radius 3 is 2.62 bits per heavy atom. The molecule has 2 aromatic carbocycles. The highest BCUT2D eigenvalue weighted by Gasteiger charge is 2.41. The van der Waals surface area contributed by atoms with Gasteiger partial charge in [0.25, 0.3) is 0 Å². The maximum Gasteiger partial charge on any atom is 0.241 e. The Hall–Kier alpha value is -2.24. The van der Waals surface area contributed by atoms with Crippen LogP contribution in [0.5, 0.6) is 0 Å². The van der Waals surface area contributed by atoms with E-state index in [9.17, 15) is 23.1 Å². The van der Waals surface area contributed by atoms with Gasteiger partial charge in [0, 0.05) is 24.7 Å². The van der Waals surface area contributed by atoms with Crippen molar-refractivity contribution >= 4 is 44.2 Å². The van der Waals surface area contributed by atoms with Crippen LogP contribution in [0.4, 0.5) is 0 Å². The monoisotopic (exact) mass is 508 g/mol. The molecule has 2 aliphatic heterocycles. The van der Waals surface area contributed by atoms with Crippen molar-refractivity contribution in [2.75, 3.05) is 19.6 Å². The number of halogens is 1. The van der Waals surface area contributed by atoms with E-state index in [0.717, 1.165) is 17.2 Å². The maximum atomic E-state index is 13.0. The molecule has 184 valence electrons. The first-order chi connectivity index (χ1) is 16.1. The fraction of sp³-hybridized carbons (Fsp3) is 0.478. The second kappa shape index (κ2) is 9.79. The summed E-state index contributed by atoms with van der Waals surface area (Å²) in [5.41, 5.74) is 5.43. The van der Waals surface area contributed by atoms with Crippen molar-refractivity contribution in [2.45, 2.75) is 49.4 Å². The largest absolute Gasteiger partial charge is 0.376 e. The van der Waals surface area contributed by atoms with Crippen molar-refractivity contribution in [3.63, 3.8) is 0 Å². The molecular formula is C23H29ClN4O5S. The Morgan fingerprint density at radius 2 is 1.88 bits per heavy atom. The first kappa shape index (κ1) is 24.9. The van der Waals surface area contributed by atoms with Crippen LogP contribution >= 0.6 is 11.6 Å². The molecule has 2 saturated heterocycles. The average Bonchev–Trinajstić information content (AvgIpc) is 3.16. The molecule has 0 spiro atoms. The van der Waals surface area contributed by atoms with Crippen LogP contribution in [-0.4, -0.2) is 73.1 Å². The fourth-order valence-electron chi connectivity index (χ4n) is 4.78. The van der Waals surface area contributed by atoms with E-state index < -0.39 is 34.2 Å². The fourth-order valence-corrected chi connectivity index (χ4v) is 6.22. The minimum Gasteiger partial charge on any atom is -0.376 e. The van der Waals surface area contributed by atoms with Crippen LogP contribution in [0.25, 0.3) is 10.8 Å². The lowest BCUT2D eigenvalue weighted by molar-refractivity contribution is -0.139. The zero-order chi connectivity index (χ0) is 24.6. The van der Waals surface area contributed by atoms with Crippen molar-refractivity contribution < 1.29 is 23.1 Å². The Morgan fingerprint density at radius 1 is 1.18 bits per heavy atom. The van der Waals surface area contributed by atoms with Gasteiger partial charge in [-0.2, -0.15) is 4.72 Å². The number of aliphatic hydroxyl groups excluding tert-OH is 1. The number of amides is 2. The van der Waals surface area contributed by atoms with Gasteiger partial charge in [0.15, 0.2) is 0 Å². The summed E-state index contributed by atoms with van der Waals surface area (Å²) in [7, 11) is -3.94. The molecule has 2 aromatic rings. The van der Waals surface area contributed by atoms with E-state index in [1.165, 1.54) is 11.0 Å². The number of aliphatic hydroxyl groups is 1. The molecule has 2 heterocycles. The summed E-state index contributed by atoms with van der Waals surface area (Å²) in [5, 5.41) is 13.0. The zero-order valence-electron chi connectivity index (χ0n) is 18.9. The number of carbonyl (C=O) groups excluding carboxylic acids is 2. The number of fused-ring (bicyclic) bond motifs is 1. The van der Waals surface area contributed by atoms with Crippen LogP contribution in [0.3, 0.4) is 0 Å². The third-order valence-electron chi connectivity index (χ3n) is 6.77. The Bertz CT molecular complexity index is 1210. The molecule has 4 N–H and O–H groups in total. The minimum atomic E-state index is -3.94. The summed E-state index contributed by atoms with van der Waals surface area (Å²) < 4.78 is 28.5. The van der Waals surface area contributed by atoms with Crippen molar-refractivity contribution in [1.82, 2.24) is 14.5 Å². The molecule has 11 heteroatoms. The van der Waals surface area contributed by atoms with Gasteiger partial charge >= 0.3 is 0 Å². The zero-order valence-corrected chi connectivity index (χ0v) is 20.4. The molecule has 34 heavy (non-hydrogen) atoms. The molecule has 4 atom stereocenters. The smallest absolute Gasteiger partial charge is 0.241 e. The highest BCUT2D eigenvalue weighted by molar-refractivity contribution is 7.89. The van der Waals surface area contributed by atoms with Crippen molar-refractivity contribution in [2.24, 2.45) is 11.7 Å². The van der Waals surface area contributed by atoms with Gasteiger partial charge in [0.2, 0.25) is 21.8 Å². The van der Waals surface area contributed by atoms with Gasteiger partial charge in [0.1, 0.15) is 12.3 Å². The lowest BCUT2D eigenvalue weighted by Gasteiger charge is -2.39. The number of hydrogen-bond donors (Lipinski definition) is 3. The molecule has 0 radical (unpaired) electrons. The second-order valence-corrected chi connectivity index (χ2v) is 11.2. The van der Waals surface area contributed by atoms with E-state index in [4.69, 9.17) is 17.3 Å². The summed E-state index contributed by atoms with van der Waals surface area (Å²) >= 11 is 6.00. The Kier molecular flexibility index (Phi) is 7.16. The summed E-state index contributed by atoms with van der Waals surface area (Å²) in [6.07, 6.45) is 0.726. The van der Waals surface area contributed by atoms with Crippen molar-refractivity contribution in [3.8, 4) is 0 Å². The SMILES string of the molecule is CC(C(O)N1CCCC(C(N)=O)C1)N1CCC(NS(=O)(=O)c2ccc3cc(Cl)ccc3c2)C1=O. The molecule has 2 fully saturated rings. The van der Waals surface area contributed by atoms with Crippen LogP contribution < -0.4 is 10.5 Å². The van der Waals surface area contributed by atoms with Crippen LogP contribution in [0.1, 0.15) is 26.2 Å². The third kappa shape index (κ3) is 5.06. The van der Waals surface area contributed by atoms with Gasteiger partial charge in [-0.25, -0.2) is 8.42 Å². The van der Waals surface area contributed by atoms with E-state index >= 15 is 0 Å². The number of nitrogens with zero attached hydrogens (tertiary/aromatic N) is 2. The average molecular weight is 509 g/mol. The van der Waals surface area contributed by atoms with E-state index in [1.807, 2.05) is 0 Å². The second-order valence-electron chi connectivity index (χ2n) is 9.04. The van der Waals surface area contributed by atoms with Crippen molar-refractivity contribution in [1.29, 1.82) is 0 Å². The van der Waals surface area contributed by atoms with Gasteiger partial charge < -0.3 is 15.7 Å². The molecule has 4 unspecified atom stereocenters. The number of nitrogens with one attached hydrogen (secondary N) is 1. The molecule has 0 aliphatic carbocycles. The number of rotatable bonds is 7.